The van der Waals surface area contributed by atoms with Crippen LogP contribution in [0.4, 0.5) is 10.2 Å². The van der Waals surface area contributed by atoms with E-state index in [-0.39, 0.29) is 5.82 Å². The van der Waals surface area contributed by atoms with Crippen molar-refractivity contribution in [2.75, 3.05) is 12.4 Å². The minimum atomic E-state index is -0.298. The van der Waals surface area contributed by atoms with Crippen molar-refractivity contribution in [2.45, 2.75) is 6.92 Å². The standard InChI is InChI=1S/C11H10ClFN2/c1-6-5-7-9(13)4-3-8(12)10(7)15-11(6)14-2/h3-5H,1-2H3,(H,14,15). The molecule has 2 rings (SSSR count). The van der Waals surface area contributed by atoms with E-state index in [2.05, 4.69) is 10.3 Å². The van der Waals surface area contributed by atoms with Crippen LogP contribution in [0.2, 0.25) is 5.02 Å². The predicted octanol–water partition coefficient (Wildman–Crippen LogP) is 3.38. The van der Waals surface area contributed by atoms with Gasteiger partial charge in [0.25, 0.3) is 0 Å². The molecule has 0 unspecified atom stereocenters. The van der Waals surface area contributed by atoms with Gasteiger partial charge in [0.05, 0.1) is 10.5 Å². The summed E-state index contributed by atoms with van der Waals surface area (Å²) in [7, 11) is 1.77. The van der Waals surface area contributed by atoms with Gasteiger partial charge in [-0.2, -0.15) is 0 Å². The fourth-order valence-electron chi connectivity index (χ4n) is 1.55. The number of halogens is 2. The van der Waals surface area contributed by atoms with Gasteiger partial charge in [-0.15, -0.1) is 0 Å². The van der Waals surface area contributed by atoms with Crippen molar-refractivity contribution >= 4 is 28.3 Å². The molecule has 78 valence electrons. The van der Waals surface area contributed by atoms with Gasteiger partial charge in [-0.25, -0.2) is 9.37 Å². The molecule has 4 heteroatoms. The van der Waals surface area contributed by atoms with Crippen molar-refractivity contribution in [3.05, 3.63) is 34.6 Å². The van der Waals surface area contributed by atoms with Crippen LogP contribution in [0.5, 0.6) is 0 Å². The Morgan fingerprint density at radius 2 is 2.13 bits per heavy atom. The highest BCUT2D eigenvalue weighted by Crippen LogP contribution is 2.27. The van der Waals surface area contributed by atoms with E-state index in [0.29, 0.717) is 15.9 Å². The van der Waals surface area contributed by atoms with Crippen molar-refractivity contribution in [1.29, 1.82) is 0 Å². The average molecular weight is 225 g/mol. The summed E-state index contributed by atoms with van der Waals surface area (Å²) in [5, 5.41) is 3.86. The number of benzene rings is 1. The van der Waals surface area contributed by atoms with Crippen LogP contribution in [0.25, 0.3) is 10.9 Å². The Hall–Kier alpha value is -1.35. The molecule has 1 aromatic carbocycles. The van der Waals surface area contributed by atoms with Gasteiger partial charge in [0.15, 0.2) is 0 Å². The van der Waals surface area contributed by atoms with Crippen molar-refractivity contribution in [2.24, 2.45) is 0 Å². The Morgan fingerprint density at radius 1 is 1.40 bits per heavy atom. The SMILES string of the molecule is CNc1nc2c(Cl)ccc(F)c2cc1C. The molecule has 0 aliphatic carbocycles. The van der Waals surface area contributed by atoms with Gasteiger partial charge in [-0.3, -0.25) is 0 Å². The first kappa shape index (κ1) is 10.2. The van der Waals surface area contributed by atoms with Gasteiger partial charge < -0.3 is 5.32 Å². The van der Waals surface area contributed by atoms with Crippen molar-refractivity contribution in [3.63, 3.8) is 0 Å². The number of anilines is 1. The van der Waals surface area contributed by atoms with Gasteiger partial charge in [0.1, 0.15) is 11.6 Å². The maximum absolute atomic E-state index is 13.5. The van der Waals surface area contributed by atoms with Crippen molar-refractivity contribution in [3.8, 4) is 0 Å². The summed E-state index contributed by atoms with van der Waals surface area (Å²) < 4.78 is 13.5. The molecule has 0 atom stereocenters. The number of rotatable bonds is 1. The van der Waals surface area contributed by atoms with Crippen LogP contribution >= 0.6 is 11.6 Å². The van der Waals surface area contributed by atoms with Crippen LogP contribution in [0.3, 0.4) is 0 Å². The summed E-state index contributed by atoms with van der Waals surface area (Å²) in [5.74, 6) is 0.419. The zero-order valence-corrected chi connectivity index (χ0v) is 9.19. The highest BCUT2D eigenvalue weighted by atomic mass is 35.5. The van der Waals surface area contributed by atoms with Crippen LogP contribution in [-0.4, -0.2) is 12.0 Å². The fraction of sp³-hybridized carbons (Fsp3) is 0.182. The molecule has 0 aliphatic rings. The summed E-state index contributed by atoms with van der Waals surface area (Å²) in [6, 6.07) is 4.61. The number of hydrogen-bond donors (Lipinski definition) is 1. The van der Waals surface area contributed by atoms with E-state index in [0.717, 1.165) is 11.4 Å². The smallest absolute Gasteiger partial charge is 0.132 e. The van der Waals surface area contributed by atoms with E-state index in [9.17, 15) is 4.39 Å². The molecule has 0 fully saturated rings. The van der Waals surface area contributed by atoms with Gasteiger partial charge in [0.2, 0.25) is 0 Å². The average Bonchev–Trinajstić information content (AvgIpc) is 2.23. The third-order valence-corrected chi connectivity index (χ3v) is 2.61. The first-order valence-corrected chi connectivity index (χ1v) is 4.94. The molecule has 1 aromatic heterocycles. The fourth-order valence-corrected chi connectivity index (χ4v) is 1.75. The zero-order valence-electron chi connectivity index (χ0n) is 8.44. The molecule has 15 heavy (non-hydrogen) atoms. The molecule has 1 N–H and O–H groups in total. The van der Waals surface area contributed by atoms with Crippen LogP contribution in [-0.2, 0) is 0 Å². The minimum absolute atomic E-state index is 0.298. The predicted molar refractivity (Wildman–Crippen MR) is 61.0 cm³/mol. The Balaban J connectivity index is 2.86. The number of pyridine rings is 1. The maximum Gasteiger partial charge on any atom is 0.132 e. The lowest BCUT2D eigenvalue weighted by Gasteiger charge is -2.07. The van der Waals surface area contributed by atoms with Crippen LogP contribution in [0.15, 0.2) is 18.2 Å². The molecule has 2 nitrogen and oxygen atoms in total. The van der Waals surface area contributed by atoms with E-state index in [1.807, 2.05) is 6.92 Å². The summed E-state index contributed by atoms with van der Waals surface area (Å²) in [6.07, 6.45) is 0. The lowest BCUT2D eigenvalue weighted by molar-refractivity contribution is 0.639. The lowest BCUT2D eigenvalue weighted by atomic mass is 10.1. The second kappa shape index (κ2) is 3.66. The number of fused-ring (bicyclic) bond motifs is 1. The lowest BCUT2D eigenvalue weighted by Crippen LogP contribution is -1.97. The van der Waals surface area contributed by atoms with Crippen molar-refractivity contribution in [1.82, 2.24) is 4.98 Å². The van der Waals surface area contributed by atoms with Gasteiger partial charge in [0, 0.05) is 12.4 Å². The van der Waals surface area contributed by atoms with Gasteiger partial charge in [-0.1, -0.05) is 11.6 Å². The molecule has 0 aliphatic heterocycles. The van der Waals surface area contributed by atoms with E-state index >= 15 is 0 Å². The van der Waals surface area contributed by atoms with Crippen molar-refractivity contribution < 1.29 is 4.39 Å². The summed E-state index contributed by atoms with van der Waals surface area (Å²) in [4.78, 5) is 4.27. The Kier molecular flexibility index (Phi) is 2.49. The third-order valence-electron chi connectivity index (χ3n) is 2.31. The first-order chi connectivity index (χ1) is 7.13. The third kappa shape index (κ3) is 1.63. The summed E-state index contributed by atoms with van der Waals surface area (Å²) >= 11 is 5.95. The van der Waals surface area contributed by atoms with Crippen LogP contribution in [0, 0.1) is 12.7 Å². The minimum Gasteiger partial charge on any atom is -0.373 e. The van der Waals surface area contributed by atoms with Crippen LogP contribution < -0.4 is 5.32 Å². The van der Waals surface area contributed by atoms with Crippen LogP contribution in [0.1, 0.15) is 5.56 Å². The number of aryl methyl sites for hydroxylation is 1. The molecular formula is C11H10ClFN2. The topological polar surface area (TPSA) is 24.9 Å². The highest BCUT2D eigenvalue weighted by Gasteiger charge is 2.08. The molecule has 0 bridgehead atoms. The number of aromatic nitrogens is 1. The number of hydrogen-bond acceptors (Lipinski definition) is 2. The van der Waals surface area contributed by atoms with E-state index in [1.54, 1.807) is 13.1 Å². The molecule has 0 saturated carbocycles. The van der Waals surface area contributed by atoms with E-state index in [4.69, 9.17) is 11.6 Å². The molecule has 0 radical (unpaired) electrons. The monoisotopic (exact) mass is 224 g/mol. The highest BCUT2D eigenvalue weighted by molar-refractivity contribution is 6.35. The molecule has 1 heterocycles. The number of nitrogens with one attached hydrogen (secondary N) is 1. The Bertz CT molecular complexity index is 525. The van der Waals surface area contributed by atoms with Gasteiger partial charge in [-0.05, 0) is 30.7 Å². The van der Waals surface area contributed by atoms with E-state index < -0.39 is 0 Å². The Morgan fingerprint density at radius 3 is 2.80 bits per heavy atom. The quantitative estimate of drug-likeness (QED) is 0.803. The molecule has 0 saturated heterocycles. The summed E-state index contributed by atoms with van der Waals surface area (Å²) in [6.45, 7) is 1.87. The summed E-state index contributed by atoms with van der Waals surface area (Å²) in [5.41, 5.74) is 1.39. The second-order valence-corrected chi connectivity index (χ2v) is 3.74. The number of nitrogens with zero attached hydrogens (tertiary/aromatic N) is 1. The van der Waals surface area contributed by atoms with Gasteiger partial charge >= 0.3 is 0 Å². The maximum atomic E-state index is 13.5. The normalized spacial score (nSPS) is 10.7. The molecular weight excluding hydrogens is 215 g/mol. The van der Waals surface area contributed by atoms with E-state index in [1.165, 1.54) is 12.1 Å². The first-order valence-electron chi connectivity index (χ1n) is 4.56. The molecule has 0 amide bonds. The largest absolute Gasteiger partial charge is 0.373 e. The second-order valence-electron chi connectivity index (χ2n) is 3.33. The molecule has 0 spiro atoms. The Labute approximate surface area is 92.1 Å². The molecule has 2 aromatic rings. The zero-order chi connectivity index (χ0) is 11.0.